The van der Waals surface area contributed by atoms with Crippen LogP contribution in [0.5, 0.6) is 5.75 Å². The summed E-state index contributed by atoms with van der Waals surface area (Å²) in [5.41, 5.74) is 0.575. The molecule has 2 N–H and O–H groups in total. The number of carbonyl (C=O) groups excluding carboxylic acids is 2. The van der Waals surface area contributed by atoms with Gasteiger partial charge in [0.2, 0.25) is 5.91 Å². The summed E-state index contributed by atoms with van der Waals surface area (Å²) in [4.78, 5) is 22.0. The Bertz CT molecular complexity index is 362. The normalized spacial score (nSPS) is 9.38. The lowest BCUT2D eigenvalue weighted by Gasteiger charge is -2.06. The van der Waals surface area contributed by atoms with Crippen LogP contribution in [0.3, 0.4) is 0 Å². The highest BCUT2D eigenvalue weighted by molar-refractivity contribution is 9.09. The van der Waals surface area contributed by atoms with E-state index < -0.39 is 6.09 Å². The topological polar surface area (TPSA) is 67.4 Å². The third kappa shape index (κ3) is 3.90. The summed E-state index contributed by atoms with van der Waals surface area (Å²) in [5.74, 6) is 0.198. The lowest BCUT2D eigenvalue weighted by molar-refractivity contribution is -0.113. The number of benzene rings is 1. The molecule has 0 aliphatic rings. The maximum absolute atomic E-state index is 11.1. The summed E-state index contributed by atoms with van der Waals surface area (Å²) in [5, 5.41) is 5.17. The molecule has 5 nitrogen and oxygen atoms in total. The minimum Gasteiger partial charge on any atom is -0.410 e. The van der Waals surface area contributed by atoms with E-state index in [0.717, 1.165) is 0 Å². The van der Waals surface area contributed by atoms with Crippen LogP contribution in [0.4, 0.5) is 10.5 Å². The monoisotopic (exact) mass is 286 g/mol. The summed E-state index contributed by atoms with van der Waals surface area (Å²) in [6, 6.07) is 6.58. The fraction of sp³-hybridized carbons (Fsp3) is 0.200. The van der Waals surface area contributed by atoms with E-state index in [0.29, 0.717) is 11.4 Å². The van der Waals surface area contributed by atoms with Crippen molar-refractivity contribution >= 4 is 33.6 Å². The fourth-order valence-electron chi connectivity index (χ4n) is 0.990. The zero-order valence-electron chi connectivity index (χ0n) is 8.62. The number of halogens is 1. The van der Waals surface area contributed by atoms with Gasteiger partial charge in [-0.2, -0.15) is 0 Å². The van der Waals surface area contributed by atoms with Gasteiger partial charge in [-0.1, -0.05) is 22.0 Å². The lowest BCUT2D eigenvalue weighted by Crippen LogP contribution is -2.22. The molecular weight excluding hydrogens is 276 g/mol. The Morgan fingerprint density at radius 1 is 1.44 bits per heavy atom. The molecule has 0 heterocycles. The molecule has 0 aliphatic heterocycles. The number of anilines is 1. The first kappa shape index (κ1) is 12.5. The van der Waals surface area contributed by atoms with Gasteiger partial charge in [-0.25, -0.2) is 4.79 Å². The molecule has 1 rings (SSSR count). The van der Waals surface area contributed by atoms with Crippen LogP contribution in [0.15, 0.2) is 24.3 Å². The van der Waals surface area contributed by atoms with E-state index in [-0.39, 0.29) is 11.2 Å². The van der Waals surface area contributed by atoms with E-state index in [1.807, 2.05) is 0 Å². The van der Waals surface area contributed by atoms with Crippen molar-refractivity contribution in [1.29, 1.82) is 0 Å². The van der Waals surface area contributed by atoms with Gasteiger partial charge in [0, 0.05) is 18.8 Å². The van der Waals surface area contributed by atoms with E-state index >= 15 is 0 Å². The van der Waals surface area contributed by atoms with Crippen LogP contribution in [0, 0.1) is 0 Å². The van der Waals surface area contributed by atoms with E-state index in [2.05, 4.69) is 26.6 Å². The van der Waals surface area contributed by atoms with Gasteiger partial charge in [0.15, 0.2) is 0 Å². The minimum atomic E-state index is -0.552. The lowest BCUT2D eigenvalue weighted by atomic mass is 10.3. The third-order valence-corrected chi connectivity index (χ3v) is 2.16. The van der Waals surface area contributed by atoms with Crippen molar-refractivity contribution in [3.05, 3.63) is 24.3 Å². The standard InChI is InChI=1S/C10H11BrN2O3/c1-12-10(15)16-8-4-2-3-7(5-8)13-9(14)6-11/h2-5H,6H2,1H3,(H,12,15)(H,13,14). The molecule has 0 spiro atoms. The highest BCUT2D eigenvalue weighted by Crippen LogP contribution is 2.17. The van der Waals surface area contributed by atoms with Gasteiger partial charge in [0.25, 0.3) is 0 Å². The molecule has 1 aromatic carbocycles. The van der Waals surface area contributed by atoms with Crippen molar-refractivity contribution in [2.75, 3.05) is 17.7 Å². The number of amides is 2. The predicted molar refractivity (Wildman–Crippen MR) is 63.9 cm³/mol. The Kier molecular flexibility index (Phi) is 4.78. The van der Waals surface area contributed by atoms with Crippen LogP contribution in [0.1, 0.15) is 0 Å². The average molecular weight is 287 g/mol. The van der Waals surface area contributed by atoms with E-state index in [4.69, 9.17) is 4.74 Å². The molecule has 6 heteroatoms. The fourth-order valence-corrected chi connectivity index (χ4v) is 1.13. The Balaban J connectivity index is 2.71. The largest absolute Gasteiger partial charge is 0.412 e. The summed E-state index contributed by atoms with van der Waals surface area (Å²) in [7, 11) is 1.47. The summed E-state index contributed by atoms with van der Waals surface area (Å²) < 4.78 is 4.91. The van der Waals surface area contributed by atoms with Crippen LogP contribution >= 0.6 is 15.9 Å². The van der Waals surface area contributed by atoms with E-state index in [1.54, 1.807) is 24.3 Å². The second-order valence-corrected chi connectivity index (χ2v) is 3.41. The first-order chi connectivity index (χ1) is 7.65. The molecule has 0 fully saturated rings. The van der Waals surface area contributed by atoms with Crippen LogP contribution in [-0.4, -0.2) is 24.4 Å². The highest BCUT2D eigenvalue weighted by atomic mass is 79.9. The van der Waals surface area contributed by atoms with Crippen molar-refractivity contribution in [3.63, 3.8) is 0 Å². The van der Waals surface area contributed by atoms with E-state index in [1.165, 1.54) is 7.05 Å². The van der Waals surface area contributed by atoms with E-state index in [9.17, 15) is 9.59 Å². The van der Waals surface area contributed by atoms with Gasteiger partial charge in [-0.3, -0.25) is 4.79 Å². The SMILES string of the molecule is CNC(=O)Oc1cccc(NC(=O)CBr)c1. The maximum Gasteiger partial charge on any atom is 0.412 e. The molecule has 1 aromatic rings. The molecule has 0 aromatic heterocycles. The molecular formula is C10H11BrN2O3. The number of carbonyl (C=O) groups is 2. The Hall–Kier alpha value is -1.56. The molecule has 2 amide bonds. The summed E-state index contributed by atoms with van der Waals surface area (Å²) in [6.07, 6.45) is -0.552. The smallest absolute Gasteiger partial charge is 0.410 e. The Labute approximate surface area is 101 Å². The van der Waals surface area contributed by atoms with Crippen LogP contribution in [0.2, 0.25) is 0 Å². The quantitative estimate of drug-likeness (QED) is 0.832. The molecule has 0 atom stereocenters. The second-order valence-electron chi connectivity index (χ2n) is 2.85. The van der Waals surface area contributed by atoms with Crippen molar-refractivity contribution in [1.82, 2.24) is 5.32 Å². The van der Waals surface area contributed by atoms with Gasteiger partial charge < -0.3 is 15.4 Å². The molecule has 0 saturated heterocycles. The summed E-state index contributed by atoms with van der Waals surface area (Å²) >= 11 is 3.03. The molecule has 0 unspecified atom stereocenters. The molecule has 0 saturated carbocycles. The maximum atomic E-state index is 11.1. The molecule has 16 heavy (non-hydrogen) atoms. The van der Waals surface area contributed by atoms with Crippen molar-refractivity contribution in [2.24, 2.45) is 0 Å². The molecule has 0 aliphatic carbocycles. The average Bonchev–Trinajstić information content (AvgIpc) is 2.29. The number of hydrogen-bond donors (Lipinski definition) is 2. The van der Waals surface area contributed by atoms with Crippen molar-refractivity contribution < 1.29 is 14.3 Å². The van der Waals surface area contributed by atoms with Gasteiger partial charge >= 0.3 is 6.09 Å². The molecule has 0 radical (unpaired) electrons. The predicted octanol–water partition coefficient (Wildman–Crippen LogP) is 1.74. The summed E-state index contributed by atoms with van der Waals surface area (Å²) in [6.45, 7) is 0. The van der Waals surface area contributed by atoms with Crippen molar-refractivity contribution in [2.45, 2.75) is 0 Å². The second kappa shape index (κ2) is 6.12. The Morgan fingerprint density at radius 3 is 2.81 bits per heavy atom. The third-order valence-electron chi connectivity index (χ3n) is 1.65. The first-order valence-electron chi connectivity index (χ1n) is 4.51. The van der Waals surface area contributed by atoms with Gasteiger partial charge in [-0.05, 0) is 12.1 Å². The minimum absolute atomic E-state index is 0.169. The van der Waals surface area contributed by atoms with Crippen LogP contribution in [-0.2, 0) is 4.79 Å². The number of hydrogen-bond acceptors (Lipinski definition) is 3. The number of nitrogens with one attached hydrogen (secondary N) is 2. The Morgan fingerprint density at radius 2 is 2.19 bits per heavy atom. The van der Waals surface area contributed by atoms with Crippen LogP contribution < -0.4 is 15.4 Å². The molecule has 0 bridgehead atoms. The van der Waals surface area contributed by atoms with Crippen LogP contribution in [0.25, 0.3) is 0 Å². The number of ether oxygens (including phenoxy) is 1. The van der Waals surface area contributed by atoms with Crippen molar-refractivity contribution in [3.8, 4) is 5.75 Å². The zero-order valence-corrected chi connectivity index (χ0v) is 10.2. The first-order valence-corrected chi connectivity index (χ1v) is 5.63. The number of alkyl halides is 1. The molecule has 86 valence electrons. The number of rotatable bonds is 3. The van der Waals surface area contributed by atoms with Gasteiger partial charge in [0.05, 0.1) is 5.33 Å². The highest BCUT2D eigenvalue weighted by Gasteiger charge is 2.04. The van der Waals surface area contributed by atoms with Gasteiger partial charge in [0.1, 0.15) is 5.75 Å². The zero-order chi connectivity index (χ0) is 12.0. The van der Waals surface area contributed by atoms with Gasteiger partial charge in [-0.15, -0.1) is 0 Å².